The van der Waals surface area contributed by atoms with E-state index in [-0.39, 0.29) is 23.8 Å². The number of carbonyl (C=O) groups excluding carboxylic acids is 2. The maximum Gasteiger partial charge on any atom is 0.224 e. The molecule has 21 heavy (non-hydrogen) atoms. The van der Waals surface area contributed by atoms with Gasteiger partial charge in [-0.2, -0.15) is 0 Å². The summed E-state index contributed by atoms with van der Waals surface area (Å²) in [6, 6.07) is 0.270. The van der Waals surface area contributed by atoms with Gasteiger partial charge in [-0.05, 0) is 45.7 Å². The lowest BCUT2D eigenvalue weighted by Gasteiger charge is -2.32. The molecule has 1 atom stereocenters. The van der Waals surface area contributed by atoms with Crippen molar-refractivity contribution in [1.82, 2.24) is 15.5 Å². The molecule has 1 saturated carbocycles. The van der Waals surface area contributed by atoms with Crippen molar-refractivity contribution in [3.63, 3.8) is 0 Å². The molecule has 0 radical (unpaired) electrons. The highest BCUT2D eigenvalue weighted by Gasteiger charge is 2.26. The average Bonchev–Trinajstić information content (AvgIpc) is 3.01. The smallest absolute Gasteiger partial charge is 0.224 e. The summed E-state index contributed by atoms with van der Waals surface area (Å²) in [6.45, 7) is 3.90. The maximum absolute atomic E-state index is 12.3. The molecule has 2 amide bonds. The molecule has 1 heterocycles. The second kappa shape index (κ2) is 7.78. The molecular weight excluding hydrogens is 266 g/mol. The Hall–Kier alpha value is -1.10. The van der Waals surface area contributed by atoms with Gasteiger partial charge < -0.3 is 15.5 Å². The number of piperidine rings is 1. The van der Waals surface area contributed by atoms with E-state index in [9.17, 15) is 9.59 Å². The third-order valence-electron chi connectivity index (χ3n) is 4.85. The molecule has 2 aliphatic rings. The Labute approximate surface area is 127 Å². The Bertz CT molecular complexity index is 361. The van der Waals surface area contributed by atoms with Crippen LogP contribution < -0.4 is 10.6 Å². The number of hydrogen-bond acceptors (Lipinski definition) is 3. The average molecular weight is 295 g/mol. The monoisotopic (exact) mass is 295 g/mol. The Balaban J connectivity index is 1.74. The molecule has 120 valence electrons. The van der Waals surface area contributed by atoms with E-state index >= 15 is 0 Å². The summed E-state index contributed by atoms with van der Waals surface area (Å²) in [5.74, 6) is 0.447. The van der Waals surface area contributed by atoms with Crippen molar-refractivity contribution >= 4 is 11.8 Å². The predicted octanol–water partition coefficient (Wildman–Crippen LogP) is 1.28. The zero-order chi connectivity index (χ0) is 15.2. The minimum Gasteiger partial charge on any atom is -0.353 e. The summed E-state index contributed by atoms with van der Waals surface area (Å²) >= 11 is 0. The quantitative estimate of drug-likeness (QED) is 0.803. The summed E-state index contributed by atoms with van der Waals surface area (Å²) in [5, 5.41) is 6.32. The molecule has 2 N–H and O–H groups in total. The molecule has 5 nitrogen and oxygen atoms in total. The maximum atomic E-state index is 12.3. The van der Waals surface area contributed by atoms with Gasteiger partial charge in [-0.1, -0.05) is 12.8 Å². The van der Waals surface area contributed by atoms with Crippen molar-refractivity contribution in [2.45, 2.75) is 64.0 Å². The molecule has 0 spiro atoms. The van der Waals surface area contributed by atoms with Crippen molar-refractivity contribution in [3.05, 3.63) is 0 Å². The second-order valence-electron chi connectivity index (χ2n) is 6.58. The lowest BCUT2D eigenvalue weighted by atomic mass is 10.0. The van der Waals surface area contributed by atoms with Gasteiger partial charge in [-0.15, -0.1) is 0 Å². The van der Waals surface area contributed by atoms with Crippen molar-refractivity contribution in [1.29, 1.82) is 0 Å². The van der Waals surface area contributed by atoms with Crippen LogP contribution >= 0.6 is 0 Å². The molecule has 2 fully saturated rings. The summed E-state index contributed by atoms with van der Waals surface area (Å²) < 4.78 is 0. The van der Waals surface area contributed by atoms with E-state index in [1.807, 2.05) is 18.9 Å². The number of rotatable bonds is 5. The largest absolute Gasteiger partial charge is 0.353 e. The van der Waals surface area contributed by atoms with Crippen LogP contribution in [0.5, 0.6) is 0 Å². The minimum atomic E-state index is -0.0743. The van der Waals surface area contributed by atoms with Crippen LogP contribution in [-0.4, -0.2) is 48.9 Å². The van der Waals surface area contributed by atoms with E-state index in [2.05, 4.69) is 10.6 Å². The number of nitrogens with zero attached hydrogens (tertiary/aromatic N) is 1. The van der Waals surface area contributed by atoms with Crippen LogP contribution in [0, 0.1) is 5.92 Å². The SMILES string of the molecule is CC(CC(=O)N(C)C1CCNCC1)NC(=O)C1CCCC1. The van der Waals surface area contributed by atoms with Crippen LogP contribution in [0.25, 0.3) is 0 Å². The van der Waals surface area contributed by atoms with Gasteiger partial charge in [0.1, 0.15) is 0 Å². The Kier molecular flexibility index (Phi) is 6.03. The first kappa shape index (κ1) is 16.3. The summed E-state index contributed by atoms with van der Waals surface area (Å²) in [5.41, 5.74) is 0. The number of hydrogen-bond donors (Lipinski definition) is 2. The number of nitrogens with one attached hydrogen (secondary N) is 2. The molecular formula is C16H29N3O2. The van der Waals surface area contributed by atoms with Crippen molar-refractivity contribution < 1.29 is 9.59 Å². The minimum absolute atomic E-state index is 0.0743. The van der Waals surface area contributed by atoms with Gasteiger partial charge in [0.25, 0.3) is 0 Å². The first-order valence-corrected chi connectivity index (χ1v) is 8.34. The number of amides is 2. The van der Waals surface area contributed by atoms with Crippen LogP contribution in [0.4, 0.5) is 0 Å². The van der Waals surface area contributed by atoms with E-state index in [1.54, 1.807) is 0 Å². The van der Waals surface area contributed by atoms with Crippen LogP contribution in [0.15, 0.2) is 0 Å². The van der Waals surface area contributed by atoms with Gasteiger partial charge in [0.15, 0.2) is 0 Å². The Morgan fingerprint density at radius 1 is 1.19 bits per heavy atom. The topological polar surface area (TPSA) is 61.4 Å². The summed E-state index contributed by atoms with van der Waals surface area (Å²) in [7, 11) is 1.89. The zero-order valence-electron chi connectivity index (χ0n) is 13.4. The third kappa shape index (κ3) is 4.70. The standard InChI is InChI=1S/C16H29N3O2/c1-12(18-16(21)13-5-3-4-6-13)11-15(20)19(2)14-7-9-17-10-8-14/h12-14,17H,3-11H2,1-2H3,(H,18,21). The van der Waals surface area contributed by atoms with Crippen LogP contribution in [0.3, 0.4) is 0 Å². The predicted molar refractivity (Wildman–Crippen MR) is 82.8 cm³/mol. The molecule has 1 aliphatic heterocycles. The van der Waals surface area contributed by atoms with Crippen LogP contribution in [-0.2, 0) is 9.59 Å². The fourth-order valence-corrected chi connectivity index (χ4v) is 3.40. The normalized spacial score (nSPS) is 22.0. The molecule has 0 aromatic heterocycles. The van der Waals surface area contributed by atoms with Gasteiger partial charge in [0.05, 0.1) is 0 Å². The second-order valence-corrected chi connectivity index (χ2v) is 6.58. The molecule has 1 unspecified atom stereocenters. The highest BCUT2D eigenvalue weighted by atomic mass is 16.2. The first-order valence-electron chi connectivity index (χ1n) is 8.34. The summed E-state index contributed by atoms with van der Waals surface area (Å²) in [4.78, 5) is 26.2. The highest BCUT2D eigenvalue weighted by molar-refractivity contribution is 5.81. The van der Waals surface area contributed by atoms with E-state index in [0.717, 1.165) is 51.6 Å². The van der Waals surface area contributed by atoms with Gasteiger partial charge in [-0.25, -0.2) is 0 Å². The summed E-state index contributed by atoms with van der Waals surface area (Å²) in [6.07, 6.45) is 6.76. The highest BCUT2D eigenvalue weighted by Crippen LogP contribution is 2.24. The molecule has 0 aromatic carbocycles. The van der Waals surface area contributed by atoms with Crippen molar-refractivity contribution in [3.8, 4) is 0 Å². The lowest BCUT2D eigenvalue weighted by Crippen LogP contribution is -2.46. The first-order chi connectivity index (χ1) is 10.1. The van der Waals surface area contributed by atoms with Crippen molar-refractivity contribution in [2.75, 3.05) is 20.1 Å². The Morgan fingerprint density at radius 3 is 2.43 bits per heavy atom. The van der Waals surface area contributed by atoms with Gasteiger partial charge >= 0.3 is 0 Å². The van der Waals surface area contributed by atoms with E-state index in [0.29, 0.717) is 12.5 Å². The van der Waals surface area contributed by atoms with Crippen molar-refractivity contribution in [2.24, 2.45) is 5.92 Å². The molecule has 5 heteroatoms. The van der Waals surface area contributed by atoms with Gasteiger partial charge in [0, 0.05) is 31.5 Å². The number of carbonyl (C=O) groups is 2. The fourth-order valence-electron chi connectivity index (χ4n) is 3.40. The molecule has 2 rings (SSSR count). The molecule has 0 aromatic rings. The molecule has 0 bridgehead atoms. The molecule has 1 saturated heterocycles. The third-order valence-corrected chi connectivity index (χ3v) is 4.85. The van der Waals surface area contributed by atoms with E-state index in [4.69, 9.17) is 0 Å². The van der Waals surface area contributed by atoms with E-state index < -0.39 is 0 Å². The fraction of sp³-hybridized carbons (Fsp3) is 0.875. The lowest BCUT2D eigenvalue weighted by molar-refractivity contribution is -0.133. The Morgan fingerprint density at radius 2 is 1.81 bits per heavy atom. The van der Waals surface area contributed by atoms with Gasteiger partial charge in [-0.3, -0.25) is 9.59 Å². The van der Waals surface area contributed by atoms with Crippen LogP contribution in [0.2, 0.25) is 0 Å². The molecule has 1 aliphatic carbocycles. The van der Waals surface area contributed by atoms with Gasteiger partial charge in [0.2, 0.25) is 11.8 Å². The van der Waals surface area contributed by atoms with Crippen LogP contribution in [0.1, 0.15) is 51.9 Å². The van der Waals surface area contributed by atoms with E-state index in [1.165, 1.54) is 0 Å². The zero-order valence-corrected chi connectivity index (χ0v) is 13.4.